The first-order chi connectivity index (χ1) is 14.1. The van der Waals surface area contributed by atoms with Crippen molar-refractivity contribution in [3.8, 4) is 5.75 Å². The molecule has 1 aromatic heterocycles. The first-order valence-electron chi connectivity index (χ1n) is 9.79. The molecule has 2 aliphatic rings. The van der Waals surface area contributed by atoms with E-state index in [4.69, 9.17) is 21.1 Å². The van der Waals surface area contributed by atoms with Gasteiger partial charge in [0.2, 0.25) is 5.95 Å². The average Bonchev–Trinajstić information content (AvgIpc) is 2.73. The normalized spacial score (nSPS) is 16.8. The highest BCUT2D eigenvalue weighted by Crippen LogP contribution is 2.33. The van der Waals surface area contributed by atoms with Crippen LogP contribution in [0.4, 0.5) is 17.5 Å². The molecule has 0 atom stereocenters. The van der Waals surface area contributed by atoms with Crippen molar-refractivity contribution in [3.05, 3.63) is 35.0 Å². The number of anilines is 3. The molecule has 4 rings (SSSR count). The number of hydrogen-bond acceptors (Lipinski definition) is 7. The van der Waals surface area contributed by atoms with Crippen LogP contribution in [-0.2, 0) is 4.74 Å². The van der Waals surface area contributed by atoms with Crippen LogP contribution in [0.15, 0.2) is 24.4 Å². The molecule has 154 valence electrons. The quantitative estimate of drug-likeness (QED) is 0.745. The first kappa shape index (κ1) is 19.7. The molecule has 8 nitrogen and oxygen atoms in total. The summed E-state index contributed by atoms with van der Waals surface area (Å²) in [5, 5.41) is 6.56. The van der Waals surface area contributed by atoms with Gasteiger partial charge in [0.15, 0.2) is 0 Å². The summed E-state index contributed by atoms with van der Waals surface area (Å²) in [6.07, 6.45) is 4.89. The number of aromatic nitrogens is 2. The second-order valence-electron chi connectivity index (χ2n) is 7.05. The standard InChI is InChI=1S/C20H24ClN5O3/c1-22-18-15(21)12-23-20(25-18)24-16-6-5-13(11-17(16)29-14-3-2-4-14)19(27)26-7-9-28-10-8-26/h5-6,11-12,14H,2-4,7-10H2,1H3,(H2,22,23,24,25). The Labute approximate surface area is 174 Å². The predicted molar refractivity (Wildman–Crippen MR) is 111 cm³/mol. The van der Waals surface area contributed by atoms with Crippen LogP contribution < -0.4 is 15.4 Å². The second kappa shape index (κ2) is 8.84. The van der Waals surface area contributed by atoms with Gasteiger partial charge in [-0.15, -0.1) is 0 Å². The van der Waals surface area contributed by atoms with E-state index < -0.39 is 0 Å². The topological polar surface area (TPSA) is 88.6 Å². The van der Waals surface area contributed by atoms with Crippen molar-refractivity contribution >= 4 is 35.0 Å². The van der Waals surface area contributed by atoms with Gasteiger partial charge in [-0.25, -0.2) is 4.98 Å². The molecule has 0 unspecified atom stereocenters. The number of carbonyl (C=O) groups is 1. The van der Waals surface area contributed by atoms with Gasteiger partial charge in [0.1, 0.15) is 16.6 Å². The van der Waals surface area contributed by atoms with E-state index in [1.807, 2.05) is 6.07 Å². The van der Waals surface area contributed by atoms with E-state index in [1.165, 1.54) is 6.20 Å². The van der Waals surface area contributed by atoms with Crippen molar-refractivity contribution in [2.24, 2.45) is 0 Å². The third-order valence-corrected chi connectivity index (χ3v) is 5.38. The van der Waals surface area contributed by atoms with Crippen molar-refractivity contribution in [1.29, 1.82) is 0 Å². The lowest BCUT2D eigenvalue weighted by molar-refractivity contribution is 0.0302. The van der Waals surface area contributed by atoms with Gasteiger partial charge in [0.05, 0.1) is 31.2 Å². The highest BCUT2D eigenvalue weighted by Gasteiger charge is 2.23. The van der Waals surface area contributed by atoms with Gasteiger partial charge in [0, 0.05) is 25.7 Å². The highest BCUT2D eigenvalue weighted by atomic mass is 35.5. The van der Waals surface area contributed by atoms with Crippen LogP contribution in [0.2, 0.25) is 5.02 Å². The predicted octanol–water partition coefficient (Wildman–Crippen LogP) is 3.32. The van der Waals surface area contributed by atoms with E-state index in [0.717, 1.165) is 19.3 Å². The van der Waals surface area contributed by atoms with E-state index in [1.54, 1.807) is 24.1 Å². The largest absolute Gasteiger partial charge is 0.488 e. The SMILES string of the molecule is CNc1nc(Nc2ccc(C(=O)N3CCOCC3)cc2OC2CCC2)ncc1Cl. The van der Waals surface area contributed by atoms with Gasteiger partial charge in [0.25, 0.3) is 5.91 Å². The Morgan fingerprint density at radius 1 is 1.31 bits per heavy atom. The lowest BCUT2D eigenvalue weighted by atomic mass is 9.96. The van der Waals surface area contributed by atoms with Gasteiger partial charge in [-0.1, -0.05) is 11.6 Å². The maximum atomic E-state index is 12.9. The molecule has 29 heavy (non-hydrogen) atoms. The molecule has 2 fully saturated rings. The number of nitrogens with one attached hydrogen (secondary N) is 2. The lowest BCUT2D eigenvalue weighted by Crippen LogP contribution is -2.40. The molecule has 1 aliphatic heterocycles. The zero-order chi connectivity index (χ0) is 20.2. The van der Waals surface area contributed by atoms with Gasteiger partial charge in [-0.2, -0.15) is 4.98 Å². The van der Waals surface area contributed by atoms with Gasteiger partial charge in [-0.05, 0) is 37.5 Å². The average molecular weight is 418 g/mol. The zero-order valence-corrected chi connectivity index (χ0v) is 17.0. The fourth-order valence-corrected chi connectivity index (χ4v) is 3.38. The van der Waals surface area contributed by atoms with Crippen molar-refractivity contribution in [2.75, 3.05) is 44.0 Å². The summed E-state index contributed by atoms with van der Waals surface area (Å²) in [5.74, 6) is 1.53. The van der Waals surface area contributed by atoms with Crippen LogP contribution in [0.1, 0.15) is 29.6 Å². The number of halogens is 1. The molecule has 1 saturated carbocycles. The Kier molecular flexibility index (Phi) is 6.01. The van der Waals surface area contributed by atoms with Crippen LogP contribution in [0.5, 0.6) is 5.75 Å². The van der Waals surface area contributed by atoms with Crippen molar-refractivity contribution in [2.45, 2.75) is 25.4 Å². The summed E-state index contributed by atoms with van der Waals surface area (Å²) < 4.78 is 11.5. The third kappa shape index (κ3) is 4.54. The van der Waals surface area contributed by atoms with Crippen molar-refractivity contribution < 1.29 is 14.3 Å². The van der Waals surface area contributed by atoms with Crippen LogP contribution in [-0.4, -0.2) is 60.2 Å². The minimum Gasteiger partial charge on any atom is -0.488 e. The van der Waals surface area contributed by atoms with Gasteiger partial charge in [-0.3, -0.25) is 4.79 Å². The molecule has 2 heterocycles. The molecule has 2 aromatic rings. The van der Waals surface area contributed by atoms with Crippen LogP contribution in [0, 0.1) is 0 Å². The van der Waals surface area contributed by atoms with Gasteiger partial charge < -0.3 is 25.0 Å². The Balaban J connectivity index is 1.59. The molecule has 1 saturated heterocycles. The number of benzene rings is 1. The Morgan fingerprint density at radius 3 is 2.79 bits per heavy atom. The fraction of sp³-hybridized carbons (Fsp3) is 0.450. The summed E-state index contributed by atoms with van der Waals surface area (Å²) in [6.45, 7) is 2.34. The molecule has 0 radical (unpaired) electrons. The number of carbonyl (C=O) groups excluding carboxylic acids is 1. The fourth-order valence-electron chi connectivity index (χ4n) is 3.20. The molecular formula is C20H24ClN5O3. The van der Waals surface area contributed by atoms with Crippen LogP contribution in [0.3, 0.4) is 0 Å². The summed E-state index contributed by atoms with van der Waals surface area (Å²) in [7, 11) is 1.75. The highest BCUT2D eigenvalue weighted by molar-refractivity contribution is 6.32. The molecule has 0 spiro atoms. The Morgan fingerprint density at radius 2 is 2.10 bits per heavy atom. The summed E-state index contributed by atoms with van der Waals surface area (Å²) >= 11 is 6.06. The maximum Gasteiger partial charge on any atom is 0.254 e. The lowest BCUT2D eigenvalue weighted by Gasteiger charge is -2.29. The summed E-state index contributed by atoms with van der Waals surface area (Å²) in [5.41, 5.74) is 1.31. The molecule has 1 aliphatic carbocycles. The number of ether oxygens (including phenoxy) is 2. The number of hydrogen-bond donors (Lipinski definition) is 2. The second-order valence-corrected chi connectivity index (χ2v) is 7.46. The zero-order valence-electron chi connectivity index (χ0n) is 16.3. The Hall–Kier alpha value is -2.58. The maximum absolute atomic E-state index is 12.9. The first-order valence-corrected chi connectivity index (χ1v) is 10.2. The van der Waals surface area contributed by atoms with E-state index in [0.29, 0.717) is 60.1 Å². The summed E-state index contributed by atoms with van der Waals surface area (Å²) in [4.78, 5) is 23.3. The van der Waals surface area contributed by atoms with E-state index in [-0.39, 0.29) is 12.0 Å². The number of amides is 1. The van der Waals surface area contributed by atoms with Crippen molar-refractivity contribution in [3.63, 3.8) is 0 Å². The number of nitrogens with zero attached hydrogens (tertiary/aromatic N) is 3. The molecule has 1 aromatic carbocycles. The molecule has 1 amide bonds. The van der Waals surface area contributed by atoms with E-state index >= 15 is 0 Å². The minimum atomic E-state index is -0.0153. The molecule has 2 N–H and O–H groups in total. The number of rotatable bonds is 6. The van der Waals surface area contributed by atoms with Gasteiger partial charge >= 0.3 is 0 Å². The molecular weight excluding hydrogens is 394 g/mol. The summed E-state index contributed by atoms with van der Waals surface area (Å²) in [6, 6.07) is 5.43. The Bertz CT molecular complexity index is 884. The minimum absolute atomic E-state index is 0.0153. The smallest absolute Gasteiger partial charge is 0.254 e. The molecule has 9 heteroatoms. The third-order valence-electron chi connectivity index (χ3n) is 5.10. The van der Waals surface area contributed by atoms with E-state index in [2.05, 4.69) is 20.6 Å². The monoisotopic (exact) mass is 417 g/mol. The molecule has 0 bridgehead atoms. The number of morpholine rings is 1. The van der Waals surface area contributed by atoms with Crippen LogP contribution >= 0.6 is 11.6 Å². The van der Waals surface area contributed by atoms with Crippen molar-refractivity contribution in [1.82, 2.24) is 14.9 Å². The van der Waals surface area contributed by atoms with E-state index in [9.17, 15) is 4.79 Å². The van der Waals surface area contributed by atoms with Crippen LogP contribution in [0.25, 0.3) is 0 Å².